The fourth-order valence-corrected chi connectivity index (χ4v) is 3.34. The summed E-state index contributed by atoms with van der Waals surface area (Å²) in [4.78, 5) is 19.1. The number of hydrogen-bond donors (Lipinski definition) is 0. The van der Waals surface area contributed by atoms with Gasteiger partial charge in [0.05, 0.1) is 0 Å². The molecular formula is C20H18ClN3O2. The summed E-state index contributed by atoms with van der Waals surface area (Å²) >= 11 is 6.02. The maximum absolute atomic E-state index is 12.7. The van der Waals surface area contributed by atoms with Crippen molar-refractivity contribution in [1.82, 2.24) is 15.0 Å². The van der Waals surface area contributed by atoms with Crippen LogP contribution in [0, 0.1) is 0 Å². The van der Waals surface area contributed by atoms with Crippen molar-refractivity contribution in [2.75, 3.05) is 13.1 Å². The number of carbonyl (C=O) groups excluding carboxylic acids is 1. The fraction of sp³-hybridized carbons (Fsp3) is 0.250. The minimum absolute atomic E-state index is 0.0603. The normalized spacial score (nSPS) is 14.4. The minimum Gasteiger partial charge on any atom is -0.339 e. The first-order valence-electron chi connectivity index (χ1n) is 8.70. The van der Waals surface area contributed by atoms with Crippen LogP contribution in [0.1, 0.15) is 29.6 Å². The van der Waals surface area contributed by atoms with E-state index >= 15 is 0 Å². The van der Waals surface area contributed by atoms with Gasteiger partial charge in [-0.2, -0.15) is 4.98 Å². The molecule has 1 amide bonds. The van der Waals surface area contributed by atoms with Gasteiger partial charge in [-0.05, 0) is 49.6 Å². The average Bonchev–Trinajstić information content (AvgIpc) is 3.19. The zero-order chi connectivity index (χ0) is 17.9. The second-order valence-electron chi connectivity index (χ2n) is 6.37. The van der Waals surface area contributed by atoms with E-state index in [-0.39, 0.29) is 5.91 Å². The lowest BCUT2D eigenvalue weighted by molar-refractivity contribution is 0.0724. The highest BCUT2D eigenvalue weighted by atomic mass is 35.5. The summed E-state index contributed by atoms with van der Waals surface area (Å²) in [6, 6.07) is 14.6. The second-order valence-corrected chi connectivity index (χ2v) is 6.80. The van der Waals surface area contributed by atoms with Gasteiger partial charge in [0.1, 0.15) is 0 Å². The lowest BCUT2D eigenvalue weighted by Gasteiger charge is -2.26. The number of carbonyl (C=O) groups is 1. The van der Waals surface area contributed by atoms with E-state index in [9.17, 15) is 4.79 Å². The Hall–Kier alpha value is -2.66. The first kappa shape index (κ1) is 16.8. The first-order valence-corrected chi connectivity index (χ1v) is 9.08. The Morgan fingerprint density at radius 2 is 1.77 bits per heavy atom. The zero-order valence-electron chi connectivity index (χ0n) is 14.2. The van der Waals surface area contributed by atoms with Crippen LogP contribution < -0.4 is 0 Å². The number of rotatable bonds is 3. The van der Waals surface area contributed by atoms with E-state index in [1.807, 2.05) is 41.3 Å². The number of nitrogens with zero attached hydrogens (tertiary/aromatic N) is 3. The summed E-state index contributed by atoms with van der Waals surface area (Å²) in [5.41, 5.74) is 2.17. The molecule has 26 heavy (non-hydrogen) atoms. The van der Waals surface area contributed by atoms with E-state index in [0.717, 1.165) is 37.1 Å². The highest BCUT2D eigenvalue weighted by Gasteiger charge is 2.19. The number of likely N-dealkylation sites (tertiary alicyclic amines) is 1. The predicted octanol–water partition coefficient (Wildman–Crippen LogP) is 4.68. The van der Waals surface area contributed by atoms with Crippen LogP contribution >= 0.6 is 11.6 Å². The summed E-state index contributed by atoms with van der Waals surface area (Å²) in [6.07, 6.45) is 3.33. The van der Waals surface area contributed by atoms with E-state index in [1.165, 1.54) is 6.42 Å². The fourth-order valence-electron chi connectivity index (χ4n) is 3.15. The Bertz CT molecular complexity index is 932. The number of hydrogen-bond acceptors (Lipinski definition) is 4. The molecule has 3 aromatic rings. The molecule has 1 saturated heterocycles. The minimum atomic E-state index is 0.0603. The van der Waals surface area contributed by atoms with Crippen LogP contribution in [0.15, 0.2) is 53.1 Å². The highest BCUT2D eigenvalue weighted by Crippen LogP contribution is 2.25. The molecule has 132 valence electrons. The lowest BCUT2D eigenvalue weighted by Crippen LogP contribution is -2.35. The van der Waals surface area contributed by atoms with Crippen molar-refractivity contribution in [3.8, 4) is 22.8 Å². The van der Waals surface area contributed by atoms with Gasteiger partial charge in [0, 0.05) is 34.8 Å². The van der Waals surface area contributed by atoms with E-state index in [2.05, 4.69) is 10.1 Å². The number of aromatic nitrogens is 2. The average molecular weight is 368 g/mol. The molecule has 0 spiro atoms. The van der Waals surface area contributed by atoms with Gasteiger partial charge in [0.2, 0.25) is 5.82 Å². The highest BCUT2D eigenvalue weighted by molar-refractivity contribution is 6.30. The summed E-state index contributed by atoms with van der Waals surface area (Å²) in [5.74, 6) is 0.911. The summed E-state index contributed by atoms with van der Waals surface area (Å²) < 4.78 is 5.36. The monoisotopic (exact) mass is 367 g/mol. The number of piperidine rings is 1. The maximum Gasteiger partial charge on any atom is 0.258 e. The van der Waals surface area contributed by atoms with Gasteiger partial charge in [0.15, 0.2) is 0 Å². The maximum atomic E-state index is 12.7. The van der Waals surface area contributed by atoms with Crippen LogP contribution in [-0.4, -0.2) is 34.0 Å². The number of amides is 1. The summed E-state index contributed by atoms with van der Waals surface area (Å²) in [6.45, 7) is 1.65. The van der Waals surface area contributed by atoms with E-state index in [0.29, 0.717) is 22.3 Å². The molecule has 0 aliphatic carbocycles. The largest absolute Gasteiger partial charge is 0.339 e. The first-order chi connectivity index (χ1) is 12.7. The summed E-state index contributed by atoms with van der Waals surface area (Å²) in [7, 11) is 0. The number of benzene rings is 2. The predicted molar refractivity (Wildman–Crippen MR) is 99.9 cm³/mol. The molecule has 2 heterocycles. The Balaban J connectivity index is 1.60. The molecule has 1 fully saturated rings. The molecule has 5 nitrogen and oxygen atoms in total. The third-order valence-electron chi connectivity index (χ3n) is 4.51. The molecule has 6 heteroatoms. The topological polar surface area (TPSA) is 59.2 Å². The SMILES string of the molecule is O=C(c1cccc(-c2noc(-c3cccc(Cl)c3)n2)c1)N1CCCCC1. The second kappa shape index (κ2) is 7.30. The Kier molecular flexibility index (Phi) is 4.71. The van der Waals surface area contributed by atoms with Crippen molar-refractivity contribution in [2.24, 2.45) is 0 Å². The Labute approximate surface area is 156 Å². The molecule has 0 N–H and O–H groups in total. The molecule has 4 rings (SSSR count). The van der Waals surface area contributed by atoms with Crippen molar-refractivity contribution in [2.45, 2.75) is 19.3 Å². The van der Waals surface area contributed by atoms with Gasteiger partial charge in [-0.25, -0.2) is 0 Å². The van der Waals surface area contributed by atoms with Gasteiger partial charge >= 0.3 is 0 Å². The van der Waals surface area contributed by atoms with Gasteiger partial charge in [-0.3, -0.25) is 4.79 Å². The number of halogens is 1. The standard InChI is InChI=1S/C20H18ClN3O2/c21-17-9-5-7-15(13-17)19-22-18(23-26-19)14-6-4-8-16(12-14)20(25)24-10-2-1-3-11-24/h4-9,12-13H,1-3,10-11H2. The quantitative estimate of drug-likeness (QED) is 0.674. The van der Waals surface area contributed by atoms with Crippen LogP contribution in [0.5, 0.6) is 0 Å². The molecule has 0 atom stereocenters. The molecule has 1 aromatic heterocycles. The van der Waals surface area contributed by atoms with E-state index < -0.39 is 0 Å². The van der Waals surface area contributed by atoms with E-state index in [1.54, 1.807) is 12.1 Å². The third-order valence-corrected chi connectivity index (χ3v) is 4.74. The molecule has 1 aliphatic heterocycles. The van der Waals surface area contributed by atoms with Crippen molar-refractivity contribution < 1.29 is 9.32 Å². The molecular weight excluding hydrogens is 350 g/mol. The third kappa shape index (κ3) is 3.48. The smallest absolute Gasteiger partial charge is 0.258 e. The Morgan fingerprint density at radius 3 is 2.58 bits per heavy atom. The lowest BCUT2D eigenvalue weighted by atomic mass is 10.1. The van der Waals surface area contributed by atoms with Crippen LogP contribution in [0.3, 0.4) is 0 Å². The zero-order valence-corrected chi connectivity index (χ0v) is 14.9. The van der Waals surface area contributed by atoms with Crippen molar-refractivity contribution in [1.29, 1.82) is 0 Å². The summed E-state index contributed by atoms with van der Waals surface area (Å²) in [5, 5.41) is 4.66. The van der Waals surface area contributed by atoms with Gasteiger partial charge in [-0.1, -0.05) is 35.0 Å². The molecule has 0 radical (unpaired) electrons. The molecule has 2 aromatic carbocycles. The van der Waals surface area contributed by atoms with Crippen LogP contribution in [0.4, 0.5) is 0 Å². The van der Waals surface area contributed by atoms with Crippen LogP contribution in [0.2, 0.25) is 5.02 Å². The van der Waals surface area contributed by atoms with Crippen molar-refractivity contribution >= 4 is 17.5 Å². The van der Waals surface area contributed by atoms with Crippen LogP contribution in [-0.2, 0) is 0 Å². The molecule has 1 aliphatic rings. The molecule has 0 bridgehead atoms. The van der Waals surface area contributed by atoms with Gasteiger partial charge in [-0.15, -0.1) is 0 Å². The molecule has 0 saturated carbocycles. The van der Waals surface area contributed by atoms with Crippen LogP contribution in [0.25, 0.3) is 22.8 Å². The van der Waals surface area contributed by atoms with Gasteiger partial charge < -0.3 is 9.42 Å². The van der Waals surface area contributed by atoms with Crippen molar-refractivity contribution in [3.05, 3.63) is 59.1 Å². The van der Waals surface area contributed by atoms with Gasteiger partial charge in [0.25, 0.3) is 11.8 Å². The molecule has 0 unspecified atom stereocenters. The van der Waals surface area contributed by atoms with E-state index in [4.69, 9.17) is 16.1 Å². The Morgan fingerprint density at radius 1 is 1.00 bits per heavy atom. The van der Waals surface area contributed by atoms with Crippen molar-refractivity contribution in [3.63, 3.8) is 0 Å².